The van der Waals surface area contributed by atoms with Gasteiger partial charge in [-0.1, -0.05) is 37.0 Å². The topological polar surface area (TPSA) is 43.1 Å². The van der Waals surface area contributed by atoms with Crippen LogP contribution in [0.5, 0.6) is 0 Å². The molecule has 0 bridgehead atoms. The minimum Gasteiger partial charge on any atom is -0.258 e. The Kier molecular flexibility index (Phi) is 2.52. The van der Waals surface area contributed by atoms with E-state index in [-0.39, 0.29) is 10.6 Å². The Morgan fingerprint density at radius 3 is 2.38 bits per heavy atom. The Balaban J connectivity index is 3.13. The average molecular weight is 195 g/mol. The molecular formula is C9H13NO2Si. The molecular weight excluding hydrogens is 182 g/mol. The predicted octanol–water partition coefficient (Wildman–Crippen LogP) is 2.14. The monoisotopic (exact) mass is 195 g/mol. The molecule has 0 N–H and O–H groups in total. The maximum atomic E-state index is 10.5. The number of benzene rings is 1. The maximum absolute atomic E-state index is 10.5. The van der Waals surface area contributed by atoms with E-state index in [1.165, 1.54) is 6.07 Å². The first-order chi connectivity index (χ1) is 5.91. The van der Waals surface area contributed by atoms with Gasteiger partial charge in [-0.05, 0) is 0 Å². The number of hydrogen-bond acceptors (Lipinski definition) is 2. The summed E-state index contributed by atoms with van der Waals surface area (Å²) in [4.78, 5) is 10.2. The molecule has 13 heavy (non-hydrogen) atoms. The third kappa shape index (κ3) is 2.38. The lowest BCUT2D eigenvalue weighted by atomic mass is 10.3. The molecule has 0 saturated carbocycles. The summed E-state index contributed by atoms with van der Waals surface area (Å²) in [5.41, 5.74) is 0.194. The molecule has 1 rings (SSSR count). The highest BCUT2D eigenvalue weighted by Gasteiger charge is 2.18. The van der Waals surface area contributed by atoms with Crippen LogP contribution in [0.4, 0.5) is 5.69 Å². The molecule has 0 atom stereocenters. The van der Waals surface area contributed by atoms with Crippen LogP contribution in [0.2, 0.25) is 19.6 Å². The molecule has 0 spiro atoms. The number of rotatable bonds is 2. The van der Waals surface area contributed by atoms with Crippen LogP contribution in [0.3, 0.4) is 0 Å². The maximum Gasteiger partial charge on any atom is 0.269 e. The van der Waals surface area contributed by atoms with Crippen molar-refractivity contribution in [3.8, 4) is 0 Å². The lowest BCUT2D eigenvalue weighted by Crippen LogP contribution is -2.37. The zero-order valence-corrected chi connectivity index (χ0v) is 9.07. The van der Waals surface area contributed by atoms with Gasteiger partial charge in [-0.15, -0.1) is 0 Å². The van der Waals surface area contributed by atoms with E-state index in [0.717, 1.165) is 5.19 Å². The molecule has 1 aromatic rings. The summed E-state index contributed by atoms with van der Waals surface area (Å²) in [6.07, 6.45) is 0. The van der Waals surface area contributed by atoms with Crippen LogP contribution in [0.15, 0.2) is 24.3 Å². The first-order valence-corrected chi connectivity index (χ1v) is 7.66. The molecule has 0 radical (unpaired) electrons. The third-order valence-electron chi connectivity index (χ3n) is 1.92. The summed E-state index contributed by atoms with van der Waals surface area (Å²) in [7, 11) is -1.42. The van der Waals surface area contributed by atoms with E-state index in [1.54, 1.807) is 12.1 Å². The van der Waals surface area contributed by atoms with E-state index < -0.39 is 8.07 Å². The van der Waals surface area contributed by atoms with Gasteiger partial charge in [0.2, 0.25) is 0 Å². The van der Waals surface area contributed by atoms with Crippen LogP contribution in [0.1, 0.15) is 0 Å². The van der Waals surface area contributed by atoms with Crippen LogP contribution < -0.4 is 5.19 Å². The SMILES string of the molecule is C[Si](C)(C)c1cccc([N+](=O)[O-])c1. The summed E-state index contributed by atoms with van der Waals surface area (Å²) in [6, 6.07) is 6.95. The van der Waals surface area contributed by atoms with Gasteiger partial charge in [-0.3, -0.25) is 10.1 Å². The summed E-state index contributed by atoms with van der Waals surface area (Å²) in [6.45, 7) is 6.52. The largest absolute Gasteiger partial charge is 0.269 e. The smallest absolute Gasteiger partial charge is 0.258 e. The van der Waals surface area contributed by atoms with Crippen LogP contribution in [0.25, 0.3) is 0 Å². The second kappa shape index (κ2) is 3.30. The molecule has 0 heterocycles. The fraction of sp³-hybridized carbons (Fsp3) is 0.333. The Bertz CT molecular complexity index is 331. The van der Waals surface area contributed by atoms with Gasteiger partial charge in [0.15, 0.2) is 0 Å². The second-order valence-corrected chi connectivity index (χ2v) is 9.13. The molecule has 4 heteroatoms. The summed E-state index contributed by atoms with van der Waals surface area (Å²) >= 11 is 0. The van der Waals surface area contributed by atoms with Gasteiger partial charge in [0.05, 0.1) is 13.0 Å². The van der Waals surface area contributed by atoms with Gasteiger partial charge in [0, 0.05) is 12.1 Å². The molecule has 0 fully saturated rings. The molecule has 0 aliphatic rings. The first kappa shape index (κ1) is 9.92. The minimum absolute atomic E-state index is 0.194. The number of nitro benzene ring substituents is 1. The Labute approximate surface area is 78.6 Å². The van der Waals surface area contributed by atoms with E-state index >= 15 is 0 Å². The standard InChI is InChI=1S/C9H13NO2Si/c1-13(2,3)9-6-4-5-8(7-9)10(11)12/h4-7H,1-3H3. The van der Waals surface area contributed by atoms with Crippen molar-refractivity contribution in [1.82, 2.24) is 0 Å². The summed E-state index contributed by atoms with van der Waals surface area (Å²) < 4.78 is 0. The van der Waals surface area contributed by atoms with Crippen molar-refractivity contribution < 1.29 is 4.92 Å². The second-order valence-electron chi connectivity index (χ2n) is 4.06. The van der Waals surface area contributed by atoms with Gasteiger partial charge in [0.1, 0.15) is 0 Å². The van der Waals surface area contributed by atoms with Crippen molar-refractivity contribution >= 4 is 18.9 Å². The first-order valence-electron chi connectivity index (χ1n) is 4.16. The zero-order chi connectivity index (χ0) is 10.1. The van der Waals surface area contributed by atoms with Gasteiger partial charge < -0.3 is 0 Å². The Morgan fingerprint density at radius 2 is 1.92 bits per heavy atom. The van der Waals surface area contributed by atoms with E-state index in [9.17, 15) is 10.1 Å². The van der Waals surface area contributed by atoms with Crippen LogP contribution in [-0.4, -0.2) is 13.0 Å². The van der Waals surface area contributed by atoms with Crippen LogP contribution in [-0.2, 0) is 0 Å². The molecule has 0 aliphatic heterocycles. The van der Waals surface area contributed by atoms with Crippen molar-refractivity contribution in [1.29, 1.82) is 0 Å². The quantitative estimate of drug-likeness (QED) is 0.412. The van der Waals surface area contributed by atoms with Crippen molar-refractivity contribution in [3.63, 3.8) is 0 Å². The fourth-order valence-electron chi connectivity index (χ4n) is 1.09. The van der Waals surface area contributed by atoms with E-state index in [4.69, 9.17) is 0 Å². The molecule has 0 saturated heterocycles. The number of nitrogens with zero attached hydrogens (tertiary/aromatic N) is 1. The lowest BCUT2D eigenvalue weighted by Gasteiger charge is -2.15. The molecule has 0 aromatic heterocycles. The molecule has 0 unspecified atom stereocenters. The number of non-ortho nitro benzene ring substituents is 1. The molecule has 70 valence electrons. The van der Waals surface area contributed by atoms with Gasteiger partial charge in [-0.25, -0.2) is 0 Å². The van der Waals surface area contributed by atoms with Crippen LogP contribution in [0, 0.1) is 10.1 Å². The van der Waals surface area contributed by atoms with Gasteiger partial charge >= 0.3 is 0 Å². The highest BCUT2D eigenvalue weighted by molar-refractivity contribution is 6.88. The Morgan fingerprint density at radius 1 is 1.31 bits per heavy atom. The Hall–Kier alpha value is -1.16. The van der Waals surface area contributed by atoms with Crippen molar-refractivity contribution in [2.24, 2.45) is 0 Å². The minimum atomic E-state index is -1.42. The van der Waals surface area contributed by atoms with Crippen molar-refractivity contribution in [2.45, 2.75) is 19.6 Å². The average Bonchev–Trinajstić information content (AvgIpc) is 2.03. The lowest BCUT2D eigenvalue weighted by molar-refractivity contribution is -0.384. The van der Waals surface area contributed by atoms with Crippen molar-refractivity contribution in [2.75, 3.05) is 0 Å². The number of hydrogen-bond donors (Lipinski definition) is 0. The van der Waals surface area contributed by atoms with E-state index in [1.807, 2.05) is 6.07 Å². The highest BCUT2D eigenvalue weighted by Crippen LogP contribution is 2.10. The van der Waals surface area contributed by atoms with Gasteiger partial charge in [0.25, 0.3) is 5.69 Å². The van der Waals surface area contributed by atoms with Crippen molar-refractivity contribution in [3.05, 3.63) is 34.4 Å². The normalized spacial score (nSPS) is 11.3. The molecule has 1 aromatic carbocycles. The molecule has 0 aliphatic carbocycles. The van der Waals surface area contributed by atoms with E-state index in [0.29, 0.717) is 0 Å². The summed E-state index contributed by atoms with van der Waals surface area (Å²) in [5, 5.41) is 11.6. The van der Waals surface area contributed by atoms with Gasteiger partial charge in [-0.2, -0.15) is 0 Å². The molecule has 3 nitrogen and oxygen atoms in total. The third-order valence-corrected chi connectivity index (χ3v) is 3.97. The highest BCUT2D eigenvalue weighted by atomic mass is 28.3. The predicted molar refractivity (Wildman–Crippen MR) is 56.1 cm³/mol. The summed E-state index contributed by atoms with van der Waals surface area (Å²) in [5.74, 6) is 0. The zero-order valence-electron chi connectivity index (χ0n) is 8.07. The van der Waals surface area contributed by atoms with E-state index in [2.05, 4.69) is 19.6 Å². The number of nitro groups is 1. The van der Waals surface area contributed by atoms with Crippen LogP contribution >= 0.6 is 0 Å². The molecule has 0 amide bonds. The fourth-order valence-corrected chi connectivity index (χ4v) is 2.26.